The maximum absolute atomic E-state index is 9.98. The number of hydrogen-bond donors (Lipinski definition) is 2. The molecular formula is C12H22O3Si2. The second kappa shape index (κ2) is 7.70. The van der Waals surface area contributed by atoms with Crippen molar-refractivity contribution in [3.63, 3.8) is 0 Å². The minimum Gasteiger partial charge on any atom is -0.402 e. The molecule has 0 heterocycles. The summed E-state index contributed by atoms with van der Waals surface area (Å²) in [6, 6.07) is 0. The third kappa shape index (κ3) is 9.16. The summed E-state index contributed by atoms with van der Waals surface area (Å²) >= 11 is 0. The van der Waals surface area contributed by atoms with Crippen molar-refractivity contribution in [1.29, 1.82) is 0 Å². The average molecular weight is 270 g/mol. The van der Waals surface area contributed by atoms with Crippen LogP contribution < -0.4 is 0 Å². The lowest BCUT2D eigenvalue weighted by molar-refractivity contribution is 0.336. The summed E-state index contributed by atoms with van der Waals surface area (Å²) in [6.45, 7) is 7.18. The van der Waals surface area contributed by atoms with E-state index in [2.05, 4.69) is 22.9 Å². The van der Waals surface area contributed by atoms with Gasteiger partial charge in [-0.2, -0.15) is 0 Å². The van der Waals surface area contributed by atoms with Crippen molar-refractivity contribution >= 4 is 17.1 Å². The van der Waals surface area contributed by atoms with Gasteiger partial charge in [-0.1, -0.05) is 24.9 Å². The molecule has 0 amide bonds. The molecule has 0 aromatic rings. The zero-order chi connectivity index (χ0) is 13.4. The predicted octanol–water partition coefficient (Wildman–Crippen LogP) is 1.82. The maximum atomic E-state index is 9.98. The molecule has 17 heavy (non-hydrogen) atoms. The van der Waals surface area contributed by atoms with Crippen LogP contribution in [0.3, 0.4) is 0 Å². The van der Waals surface area contributed by atoms with Gasteiger partial charge in [0.05, 0.1) is 0 Å². The highest BCUT2D eigenvalue weighted by Crippen LogP contribution is 2.08. The lowest BCUT2D eigenvalue weighted by atomic mass is 10.4. The molecule has 0 rings (SSSR count). The molecule has 0 fully saturated rings. The molecular weight excluding hydrogens is 248 g/mol. The van der Waals surface area contributed by atoms with Crippen molar-refractivity contribution in [3.05, 3.63) is 0 Å². The number of hydrogen-bond acceptors (Lipinski definition) is 3. The second-order valence-electron chi connectivity index (χ2n) is 4.17. The molecule has 0 aromatic carbocycles. The highest BCUT2D eigenvalue weighted by molar-refractivity contribution is 6.86. The Morgan fingerprint density at radius 3 is 1.53 bits per heavy atom. The van der Waals surface area contributed by atoms with Crippen LogP contribution in [0.25, 0.3) is 0 Å². The smallest absolute Gasteiger partial charge is 0.402 e. The molecule has 2 atom stereocenters. The Morgan fingerprint density at radius 1 is 0.882 bits per heavy atom. The van der Waals surface area contributed by atoms with Gasteiger partial charge in [0.2, 0.25) is 0 Å². The van der Waals surface area contributed by atoms with Crippen LogP contribution in [-0.2, 0) is 4.12 Å². The highest BCUT2D eigenvalue weighted by Gasteiger charge is 2.37. The van der Waals surface area contributed by atoms with Gasteiger partial charge in [-0.25, -0.2) is 0 Å². The van der Waals surface area contributed by atoms with Gasteiger partial charge in [-0.15, -0.1) is 11.8 Å². The molecule has 3 nitrogen and oxygen atoms in total. The summed E-state index contributed by atoms with van der Waals surface area (Å²) in [5.41, 5.74) is 5.47. The van der Waals surface area contributed by atoms with Gasteiger partial charge in [0.25, 0.3) is 0 Å². The summed E-state index contributed by atoms with van der Waals surface area (Å²) in [5.74, 6) is 5.73. The van der Waals surface area contributed by atoms with Crippen LogP contribution in [0.2, 0.25) is 13.1 Å². The van der Waals surface area contributed by atoms with Crippen LogP contribution in [0, 0.1) is 22.9 Å². The first-order chi connectivity index (χ1) is 7.83. The Kier molecular flexibility index (Phi) is 7.44. The Labute approximate surface area is 107 Å². The molecule has 2 N–H and O–H groups in total. The quantitative estimate of drug-likeness (QED) is 0.605. The fraction of sp³-hybridized carbons (Fsp3) is 0.667. The predicted molar refractivity (Wildman–Crippen MR) is 74.1 cm³/mol. The minimum absolute atomic E-state index is 0.734. The van der Waals surface area contributed by atoms with E-state index in [0.29, 0.717) is 0 Å². The van der Waals surface area contributed by atoms with Gasteiger partial charge >= 0.3 is 17.1 Å². The van der Waals surface area contributed by atoms with Gasteiger partial charge in [0, 0.05) is 12.8 Å². The van der Waals surface area contributed by atoms with Crippen molar-refractivity contribution in [2.24, 2.45) is 0 Å². The van der Waals surface area contributed by atoms with Crippen LogP contribution in [0.15, 0.2) is 0 Å². The van der Waals surface area contributed by atoms with Crippen LogP contribution in [0.1, 0.15) is 39.5 Å². The zero-order valence-corrected chi connectivity index (χ0v) is 13.1. The molecule has 0 saturated carbocycles. The van der Waals surface area contributed by atoms with E-state index in [1.54, 1.807) is 13.1 Å². The van der Waals surface area contributed by atoms with Crippen LogP contribution in [0.5, 0.6) is 0 Å². The summed E-state index contributed by atoms with van der Waals surface area (Å²) in [4.78, 5) is 20.0. The number of rotatable bonds is 4. The van der Waals surface area contributed by atoms with E-state index in [0.717, 1.165) is 25.7 Å². The Morgan fingerprint density at radius 2 is 1.24 bits per heavy atom. The van der Waals surface area contributed by atoms with Gasteiger partial charge < -0.3 is 13.7 Å². The lowest BCUT2D eigenvalue weighted by Gasteiger charge is -2.21. The normalized spacial score (nSPS) is 16.8. The third-order valence-corrected chi connectivity index (χ3v) is 6.25. The molecule has 0 aliphatic rings. The minimum atomic E-state index is -3.09. The van der Waals surface area contributed by atoms with Crippen molar-refractivity contribution in [2.75, 3.05) is 0 Å². The van der Waals surface area contributed by atoms with E-state index < -0.39 is 17.1 Å². The van der Waals surface area contributed by atoms with Crippen LogP contribution in [0.4, 0.5) is 0 Å². The molecule has 0 saturated heterocycles. The largest absolute Gasteiger partial charge is 0.409 e. The Balaban J connectivity index is 4.50. The van der Waals surface area contributed by atoms with Crippen LogP contribution in [-0.4, -0.2) is 26.7 Å². The summed E-state index contributed by atoms with van der Waals surface area (Å²) in [6.07, 6.45) is 3.36. The molecule has 0 aliphatic heterocycles. The van der Waals surface area contributed by atoms with Crippen LogP contribution >= 0.6 is 0 Å². The molecule has 0 spiro atoms. The Hall–Kier alpha value is -0.566. The van der Waals surface area contributed by atoms with Crippen molar-refractivity contribution in [3.8, 4) is 22.9 Å². The van der Waals surface area contributed by atoms with E-state index in [4.69, 9.17) is 4.12 Å². The molecule has 96 valence electrons. The molecule has 0 bridgehead atoms. The standard InChI is InChI=1S/C12H22O3Si2/c1-5-7-9-11-16(3,13)15-17(4,14)12-10-8-6-2/h13-14H,5-8H2,1-4H3. The second-order valence-corrected chi connectivity index (χ2v) is 9.42. The van der Waals surface area contributed by atoms with Gasteiger partial charge in [-0.05, 0) is 25.9 Å². The van der Waals surface area contributed by atoms with E-state index in [9.17, 15) is 9.59 Å². The van der Waals surface area contributed by atoms with Gasteiger partial charge in [-0.3, -0.25) is 0 Å². The monoisotopic (exact) mass is 270 g/mol. The first-order valence-electron chi connectivity index (χ1n) is 5.98. The Bertz CT molecular complexity index is 308. The fourth-order valence-corrected chi connectivity index (χ4v) is 5.55. The number of unbranched alkanes of at least 4 members (excludes halogenated alkanes) is 2. The molecule has 0 aromatic heterocycles. The van der Waals surface area contributed by atoms with E-state index in [-0.39, 0.29) is 0 Å². The molecule has 2 unspecified atom stereocenters. The molecule has 0 radical (unpaired) electrons. The SMILES string of the molecule is CCCC#C[Si](C)(O)O[Si](C)(O)C#CCCC. The molecule has 0 aliphatic carbocycles. The zero-order valence-electron chi connectivity index (χ0n) is 11.1. The van der Waals surface area contributed by atoms with E-state index >= 15 is 0 Å². The summed E-state index contributed by atoms with van der Waals surface area (Å²) < 4.78 is 5.36. The lowest BCUT2D eigenvalue weighted by Crippen LogP contribution is -2.47. The average Bonchev–Trinajstić information content (AvgIpc) is 2.16. The third-order valence-electron chi connectivity index (χ3n) is 1.79. The van der Waals surface area contributed by atoms with Crippen molar-refractivity contribution < 1.29 is 13.7 Å². The van der Waals surface area contributed by atoms with Crippen molar-refractivity contribution in [1.82, 2.24) is 0 Å². The summed E-state index contributed by atoms with van der Waals surface area (Å²) in [5, 5.41) is 0. The first-order valence-corrected chi connectivity index (χ1v) is 10.7. The highest BCUT2D eigenvalue weighted by atomic mass is 28.5. The van der Waals surface area contributed by atoms with E-state index in [1.165, 1.54) is 0 Å². The summed E-state index contributed by atoms with van der Waals surface area (Å²) in [7, 11) is -6.18. The van der Waals surface area contributed by atoms with Crippen molar-refractivity contribution in [2.45, 2.75) is 52.6 Å². The van der Waals surface area contributed by atoms with Gasteiger partial charge in [0.1, 0.15) is 0 Å². The van der Waals surface area contributed by atoms with Gasteiger partial charge in [0.15, 0.2) is 0 Å². The fourth-order valence-electron chi connectivity index (χ4n) is 1.14. The topological polar surface area (TPSA) is 49.7 Å². The van der Waals surface area contributed by atoms with E-state index in [1.807, 2.05) is 13.8 Å². The maximum Gasteiger partial charge on any atom is 0.409 e. The first kappa shape index (κ1) is 16.4. The molecule has 5 heteroatoms.